The van der Waals surface area contributed by atoms with Crippen LogP contribution in [0.3, 0.4) is 0 Å². The van der Waals surface area contributed by atoms with E-state index in [1.807, 2.05) is 93.2 Å². The molecule has 15 heteroatoms. The van der Waals surface area contributed by atoms with Crippen LogP contribution < -0.4 is 10.6 Å². The molecule has 0 unspecified atom stereocenters. The van der Waals surface area contributed by atoms with Gasteiger partial charge in [-0.3, -0.25) is 14.2 Å². The molecule has 4 aromatic carbocycles. The summed E-state index contributed by atoms with van der Waals surface area (Å²) < 4.78 is 5.41. The van der Waals surface area contributed by atoms with E-state index >= 15 is 0 Å². The molecule has 3 N–H and O–H groups in total. The molecule has 4 aromatic heterocycles. The smallest absolute Gasteiger partial charge is 0.307 e. The summed E-state index contributed by atoms with van der Waals surface area (Å²) in [5.41, 5.74) is 8.58. The predicted octanol–water partition coefficient (Wildman–Crippen LogP) is 8.77. The van der Waals surface area contributed by atoms with Gasteiger partial charge in [0.05, 0.1) is 42.3 Å². The third-order valence-corrected chi connectivity index (χ3v) is 9.28. The van der Waals surface area contributed by atoms with Gasteiger partial charge in [-0.25, -0.2) is 19.9 Å². The molecule has 0 spiro atoms. The van der Waals surface area contributed by atoms with Crippen molar-refractivity contribution in [3.05, 3.63) is 130 Å². The van der Waals surface area contributed by atoms with Gasteiger partial charge in [0.2, 0.25) is 11.9 Å². The number of benzene rings is 4. The van der Waals surface area contributed by atoms with Gasteiger partial charge in [0.15, 0.2) is 0 Å². The summed E-state index contributed by atoms with van der Waals surface area (Å²) >= 11 is 6.89. The highest BCUT2D eigenvalue weighted by Gasteiger charge is 2.11. The standard InChI is InChI=1S/C20H15BrN6.C20H16BrN5O2/c1-27-12-16(11-24-27)14-6-13(4-5-22)7-18(9-14)25-20-23-10-15-8-17(21)2-3-19(15)26-20;1-26-11-15(10-23-26)13-4-12(6-19(27)28)5-17(8-13)24-20-22-9-14-7-16(21)2-3-18(14)25-20/h2-3,6-12H,4H2,1H3,(H,23,25,26);2-5,7-11H,6H2,1H3,(H,27,28)(H,22,24,25). The number of halogens is 2. The maximum Gasteiger partial charge on any atom is 0.307 e. The lowest BCUT2D eigenvalue weighted by Crippen LogP contribution is -2.02. The summed E-state index contributed by atoms with van der Waals surface area (Å²) in [4.78, 5) is 29.1. The van der Waals surface area contributed by atoms with Gasteiger partial charge in [-0.05, 0) is 89.0 Å². The largest absolute Gasteiger partial charge is 0.481 e. The van der Waals surface area contributed by atoms with Gasteiger partial charge in [0.25, 0.3) is 0 Å². The Balaban J connectivity index is 0.000000169. The molecule has 55 heavy (non-hydrogen) atoms. The average molecular weight is 858 g/mol. The minimum atomic E-state index is -0.887. The quantitative estimate of drug-likeness (QED) is 0.127. The minimum Gasteiger partial charge on any atom is -0.481 e. The van der Waals surface area contributed by atoms with Gasteiger partial charge in [0.1, 0.15) is 0 Å². The van der Waals surface area contributed by atoms with Crippen LogP contribution in [0.15, 0.2) is 119 Å². The number of carbonyl (C=O) groups is 1. The fourth-order valence-corrected chi connectivity index (χ4v) is 6.62. The zero-order chi connectivity index (χ0) is 38.5. The second-order valence-corrected chi connectivity index (χ2v) is 14.4. The lowest BCUT2D eigenvalue weighted by molar-refractivity contribution is -0.136. The number of aromatic nitrogens is 8. The topological polar surface area (TPSA) is 172 Å². The predicted molar refractivity (Wildman–Crippen MR) is 219 cm³/mol. The van der Waals surface area contributed by atoms with Crippen LogP contribution in [-0.4, -0.2) is 50.6 Å². The molecular formula is C40H31Br2N11O2. The maximum atomic E-state index is 11.2. The molecule has 0 atom stereocenters. The molecule has 0 saturated carbocycles. The summed E-state index contributed by atoms with van der Waals surface area (Å²) in [5.74, 6) is 0.0670. The van der Waals surface area contributed by atoms with Crippen LogP contribution in [0.2, 0.25) is 0 Å². The van der Waals surface area contributed by atoms with Crippen molar-refractivity contribution in [3.8, 4) is 28.3 Å². The van der Waals surface area contributed by atoms with Crippen LogP contribution in [-0.2, 0) is 31.7 Å². The van der Waals surface area contributed by atoms with E-state index < -0.39 is 5.97 Å². The fraction of sp³-hybridized carbons (Fsp3) is 0.100. The third-order valence-electron chi connectivity index (χ3n) is 8.30. The highest BCUT2D eigenvalue weighted by Crippen LogP contribution is 2.29. The van der Waals surface area contributed by atoms with Crippen molar-refractivity contribution in [1.29, 1.82) is 5.26 Å². The minimum absolute atomic E-state index is 0.0740. The molecule has 8 aromatic rings. The average Bonchev–Trinajstić information content (AvgIpc) is 3.80. The summed E-state index contributed by atoms with van der Waals surface area (Å²) in [6.07, 6.45) is 11.2. The van der Waals surface area contributed by atoms with Crippen molar-refractivity contribution in [2.24, 2.45) is 14.1 Å². The first kappa shape index (κ1) is 36.8. The first-order valence-electron chi connectivity index (χ1n) is 16.8. The van der Waals surface area contributed by atoms with E-state index in [1.54, 1.807) is 40.2 Å². The number of fused-ring (bicyclic) bond motifs is 2. The first-order valence-corrected chi connectivity index (χ1v) is 18.4. The Bertz CT molecular complexity index is 2740. The highest BCUT2D eigenvalue weighted by atomic mass is 79.9. The van der Waals surface area contributed by atoms with Crippen molar-refractivity contribution in [2.75, 3.05) is 10.6 Å². The van der Waals surface area contributed by atoms with Gasteiger partial charge < -0.3 is 15.7 Å². The zero-order valence-electron chi connectivity index (χ0n) is 29.4. The molecule has 272 valence electrons. The van der Waals surface area contributed by atoms with E-state index in [9.17, 15) is 9.90 Å². The molecule has 0 saturated heterocycles. The Hall–Kier alpha value is -6.50. The lowest BCUT2D eigenvalue weighted by Gasteiger charge is -2.10. The molecule has 4 heterocycles. The number of nitrogens with one attached hydrogen (secondary N) is 2. The number of carboxylic acid groups (broad SMARTS) is 1. The first-order chi connectivity index (χ1) is 26.6. The van der Waals surface area contributed by atoms with Gasteiger partial charge in [-0.1, -0.05) is 37.9 Å². The van der Waals surface area contributed by atoms with Crippen LogP contribution in [0.5, 0.6) is 0 Å². The number of carboxylic acids is 1. The number of nitrogens with zero attached hydrogens (tertiary/aromatic N) is 9. The van der Waals surface area contributed by atoms with Crippen molar-refractivity contribution in [3.63, 3.8) is 0 Å². The second kappa shape index (κ2) is 16.3. The Labute approximate surface area is 332 Å². The van der Waals surface area contributed by atoms with Gasteiger partial charge in [-0.2, -0.15) is 15.5 Å². The summed E-state index contributed by atoms with van der Waals surface area (Å²) in [5, 5.41) is 35.0. The molecular weight excluding hydrogens is 826 g/mol. The van der Waals surface area contributed by atoms with E-state index in [0.717, 1.165) is 64.3 Å². The lowest BCUT2D eigenvalue weighted by atomic mass is 10.0. The van der Waals surface area contributed by atoms with Crippen molar-refractivity contribution >= 4 is 82.9 Å². The number of aryl methyl sites for hydroxylation is 2. The van der Waals surface area contributed by atoms with Crippen LogP contribution in [0.4, 0.5) is 23.3 Å². The summed E-state index contributed by atoms with van der Waals surface area (Å²) in [6.45, 7) is 0. The normalized spacial score (nSPS) is 10.8. The number of nitriles is 1. The van der Waals surface area contributed by atoms with E-state index in [1.165, 1.54) is 0 Å². The van der Waals surface area contributed by atoms with E-state index in [-0.39, 0.29) is 6.42 Å². The van der Waals surface area contributed by atoms with Crippen molar-refractivity contribution in [2.45, 2.75) is 12.8 Å². The van der Waals surface area contributed by atoms with E-state index in [4.69, 9.17) is 5.26 Å². The number of anilines is 4. The molecule has 0 aliphatic rings. The molecule has 0 aliphatic heterocycles. The fourth-order valence-electron chi connectivity index (χ4n) is 5.86. The van der Waals surface area contributed by atoms with Gasteiger partial charge in [0, 0.05) is 81.1 Å². The van der Waals surface area contributed by atoms with E-state index in [2.05, 4.69) is 78.7 Å². The number of aliphatic carboxylic acids is 1. The van der Waals surface area contributed by atoms with Crippen molar-refractivity contribution < 1.29 is 9.90 Å². The second-order valence-electron chi connectivity index (χ2n) is 12.6. The van der Waals surface area contributed by atoms with Crippen LogP contribution in [0.25, 0.3) is 44.1 Å². The van der Waals surface area contributed by atoms with E-state index in [0.29, 0.717) is 29.6 Å². The number of hydrogen-bond donors (Lipinski definition) is 3. The molecule has 0 radical (unpaired) electrons. The molecule has 13 nitrogen and oxygen atoms in total. The van der Waals surface area contributed by atoms with Crippen molar-refractivity contribution in [1.82, 2.24) is 39.5 Å². The highest BCUT2D eigenvalue weighted by molar-refractivity contribution is 9.10. The van der Waals surface area contributed by atoms with Crippen LogP contribution in [0.1, 0.15) is 11.1 Å². The van der Waals surface area contributed by atoms with Crippen LogP contribution in [0, 0.1) is 11.3 Å². The van der Waals surface area contributed by atoms with Crippen LogP contribution >= 0.6 is 31.9 Å². The molecule has 0 aliphatic carbocycles. The Kier molecular flexibility index (Phi) is 10.9. The molecule has 8 rings (SSSR count). The third kappa shape index (κ3) is 9.36. The molecule has 0 bridgehead atoms. The summed E-state index contributed by atoms with van der Waals surface area (Å²) in [7, 11) is 3.72. The Morgan fingerprint density at radius 3 is 1.64 bits per heavy atom. The maximum absolute atomic E-state index is 11.2. The number of hydrogen-bond acceptors (Lipinski definition) is 10. The Morgan fingerprint density at radius 2 is 1.18 bits per heavy atom. The Morgan fingerprint density at radius 1 is 0.691 bits per heavy atom. The zero-order valence-corrected chi connectivity index (χ0v) is 32.6. The summed E-state index contributed by atoms with van der Waals surface area (Å²) in [6, 6.07) is 25.4. The van der Waals surface area contributed by atoms with Gasteiger partial charge >= 0.3 is 5.97 Å². The SMILES string of the molecule is Cn1cc(-c2cc(CC#N)cc(Nc3ncc4cc(Br)ccc4n3)c2)cn1.Cn1cc(-c2cc(CC(=O)O)cc(Nc3ncc4cc(Br)ccc4n3)c2)cn1. The number of rotatable bonds is 9. The molecule has 0 fully saturated rings. The monoisotopic (exact) mass is 855 g/mol. The van der Waals surface area contributed by atoms with Gasteiger partial charge in [-0.15, -0.1) is 0 Å². The molecule has 0 amide bonds.